The molecule has 0 spiro atoms. The van der Waals surface area contributed by atoms with Gasteiger partial charge in [-0.25, -0.2) is 4.39 Å². The van der Waals surface area contributed by atoms with Crippen LogP contribution in [0.15, 0.2) is 18.2 Å². The Kier molecular flexibility index (Phi) is 4.33. The van der Waals surface area contributed by atoms with Crippen molar-refractivity contribution in [2.75, 3.05) is 0 Å². The Morgan fingerprint density at radius 3 is 2.87 bits per heavy atom. The lowest BCUT2D eigenvalue weighted by Crippen LogP contribution is -1.98. The fourth-order valence-corrected chi connectivity index (χ4v) is 1.30. The summed E-state index contributed by atoms with van der Waals surface area (Å²) in [5.41, 5.74) is 0.430. The molecule has 0 heterocycles. The number of hydrogen-bond donors (Lipinski definition) is 0. The van der Waals surface area contributed by atoms with Crippen LogP contribution in [0.25, 0.3) is 0 Å². The smallest absolute Gasteiger partial charge is 0.163 e. The average Bonchev–Trinajstić information content (AvgIpc) is 2.22. The molecular weight excluding hydrogens is 215 g/mol. The van der Waals surface area contributed by atoms with E-state index in [4.69, 9.17) is 11.6 Å². The number of carbonyl (C=O) groups excluding carboxylic acids is 1. The molecule has 0 amide bonds. The second-order valence-corrected chi connectivity index (χ2v) is 3.39. The van der Waals surface area contributed by atoms with Crippen molar-refractivity contribution in [1.29, 1.82) is 0 Å². The Morgan fingerprint density at radius 2 is 2.27 bits per heavy atom. The summed E-state index contributed by atoms with van der Waals surface area (Å²) in [7, 11) is 0. The minimum atomic E-state index is -0.512. The maximum Gasteiger partial charge on any atom is 0.163 e. The molecule has 1 aromatic rings. The monoisotopic (exact) mass is 224 g/mol. The fourth-order valence-electron chi connectivity index (χ4n) is 1.11. The van der Waals surface area contributed by atoms with Crippen molar-refractivity contribution in [2.24, 2.45) is 0 Å². The van der Waals surface area contributed by atoms with Crippen molar-refractivity contribution < 1.29 is 9.18 Å². The first-order chi connectivity index (χ1) is 7.15. The third-order valence-electron chi connectivity index (χ3n) is 1.90. The zero-order chi connectivity index (χ0) is 11.3. The minimum absolute atomic E-state index is 0.0255. The van der Waals surface area contributed by atoms with Gasteiger partial charge in [0.1, 0.15) is 5.82 Å². The number of carbonyl (C=O) groups is 1. The minimum Gasteiger partial charge on any atom is -0.294 e. The molecule has 0 aliphatic rings. The van der Waals surface area contributed by atoms with Crippen LogP contribution in [0.4, 0.5) is 4.39 Å². The molecule has 0 bridgehead atoms. The molecule has 0 aromatic heterocycles. The van der Waals surface area contributed by atoms with Crippen molar-refractivity contribution in [3.8, 4) is 11.8 Å². The van der Waals surface area contributed by atoms with Gasteiger partial charge in [-0.1, -0.05) is 11.6 Å². The highest BCUT2D eigenvalue weighted by Crippen LogP contribution is 2.17. The molecule has 0 radical (unpaired) electrons. The van der Waals surface area contributed by atoms with E-state index in [1.807, 2.05) is 0 Å². The lowest BCUT2D eigenvalue weighted by molar-refractivity contribution is 0.0984. The molecule has 1 nitrogen and oxygen atoms in total. The number of Topliss-reactive ketones (excluding diaryl/α,β-unsaturated/α-hetero) is 1. The standard InChI is InChI=1S/C12H10ClFO/c1-2-3-4-5-12(15)9-6-7-11(14)10(13)8-9/h6-8H,4-5H2,1H3. The first kappa shape index (κ1) is 11.7. The fraction of sp³-hybridized carbons (Fsp3) is 0.250. The zero-order valence-corrected chi connectivity index (χ0v) is 9.07. The van der Waals surface area contributed by atoms with E-state index in [-0.39, 0.29) is 10.8 Å². The Labute approximate surface area is 93.3 Å². The summed E-state index contributed by atoms with van der Waals surface area (Å²) < 4.78 is 12.8. The van der Waals surface area contributed by atoms with E-state index in [1.54, 1.807) is 6.92 Å². The maximum absolute atomic E-state index is 12.8. The summed E-state index contributed by atoms with van der Waals surface area (Å²) in [5, 5.41) is -0.0255. The molecule has 0 aliphatic heterocycles. The number of ketones is 1. The van der Waals surface area contributed by atoms with Crippen molar-refractivity contribution in [1.82, 2.24) is 0 Å². The molecule has 0 N–H and O–H groups in total. The Balaban J connectivity index is 2.72. The largest absolute Gasteiger partial charge is 0.294 e. The van der Waals surface area contributed by atoms with Gasteiger partial charge in [-0.15, -0.1) is 11.8 Å². The number of rotatable bonds is 3. The number of benzene rings is 1. The highest BCUT2D eigenvalue weighted by Gasteiger charge is 2.07. The molecule has 0 atom stereocenters. The van der Waals surface area contributed by atoms with Crippen molar-refractivity contribution >= 4 is 17.4 Å². The molecule has 0 saturated heterocycles. The second-order valence-electron chi connectivity index (χ2n) is 2.98. The van der Waals surface area contributed by atoms with Crippen LogP contribution in [0.5, 0.6) is 0 Å². The normalized spacial score (nSPS) is 9.27. The van der Waals surface area contributed by atoms with E-state index < -0.39 is 5.82 Å². The van der Waals surface area contributed by atoms with Crippen LogP contribution in [-0.2, 0) is 0 Å². The molecule has 1 rings (SSSR count). The van der Waals surface area contributed by atoms with Crippen molar-refractivity contribution in [3.05, 3.63) is 34.6 Å². The highest BCUT2D eigenvalue weighted by atomic mass is 35.5. The maximum atomic E-state index is 12.8. The van der Waals surface area contributed by atoms with Crippen molar-refractivity contribution in [2.45, 2.75) is 19.8 Å². The first-order valence-corrected chi connectivity index (χ1v) is 4.91. The van der Waals surface area contributed by atoms with Gasteiger partial charge in [0.05, 0.1) is 5.02 Å². The molecule has 0 unspecified atom stereocenters. The van der Waals surface area contributed by atoms with Crippen LogP contribution < -0.4 is 0 Å². The number of hydrogen-bond acceptors (Lipinski definition) is 1. The zero-order valence-electron chi connectivity index (χ0n) is 8.31. The van der Waals surface area contributed by atoms with Gasteiger partial charge in [0.15, 0.2) is 5.78 Å². The Morgan fingerprint density at radius 1 is 1.53 bits per heavy atom. The van der Waals surface area contributed by atoms with Gasteiger partial charge in [0.2, 0.25) is 0 Å². The Hall–Kier alpha value is -1.33. The highest BCUT2D eigenvalue weighted by molar-refractivity contribution is 6.31. The molecule has 1 aromatic carbocycles. The Bertz CT molecular complexity index is 429. The summed E-state index contributed by atoms with van der Waals surface area (Å²) in [6.45, 7) is 1.72. The number of halogens is 2. The van der Waals surface area contributed by atoms with E-state index in [0.29, 0.717) is 18.4 Å². The van der Waals surface area contributed by atoms with E-state index in [2.05, 4.69) is 11.8 Å². The summed E-state index contributed by atoms with van der Waals surface area (Å²) in [4.78, 5) is 11.5. The third kappa shape index (κ3) is 3.38. The molecule has 15 heavy (non-hydrogen) atoms. The SMILES string of the molecule is CC#CCCC(=O)c1ccc(F)c(Cl)c1. The van der Waals surface area contributed by atoms with Gasteiger partial charge in [-0.3, -0.25) is 4.79 Å². The van der Waals surface area contributed by atoms with E-state index in [0.717, 1.165) is 0 Å². The van der Waals surface area contributed by atoms with Gasteiger partial charge < -0.3 is 0 Å². The summed E-state index contributed by atoms with van der Waals surface area (Å²) in [6, 6.07) is 3.97. The van der Waals surface area contributed by atoms with Gasteiger partial charge in [-0.05, 0) is 25.1 Å². The topological polar surface area (TPSA) is 17.1 Å². The predicted octanol–water partition coefficient (Wildman–Crippen LogP) is 3.47. The van der Waals surface area contributed by atoms with Gasteiger partial charge >= 0.3 is 0 Å². The summed E-state index contributed by atoms with van der Waals surface area (Å²) in [6.07, 6.45) is 0.854. The lowest BCUT2D eigenvalue weighted by atomic mass is 10.1. The molecular formula is C12H10ClFO. The molecule has 78 valence electrons. The predicted molar refractivity (Wildman–Crippen MR) is 58.4 cm³/mol. The van der Waals surface area contributed by atoms with E-state index in [1.165, 1.54) is 18.2 Å². The third-order valence-corrected chi connectivity index (χ3v) is 2.19. The van der Waals surface area contributed by atoms with E-state index in [9.17, 15) is 9.18 Å². The van der Waals surface area contributed by atoms with Crippen LogP contribution in [0, 0.1) is 17.7 Å². The van der Waals surface area contributed by atoms with Crippen LogP contribution in [0.1, 0.15) is 30.1 Å². The van der Waals surface area contributed by atoms with Crippen molar-refractivity contribution in [3.63, 3.8) is 0 Å². The second kappa shape index (κ2) is 5.53. The first-order valence-electron chi connectivity index (χ1n) is 4.53. The van der Waals surface area contributed by atoms with Gasteiger partial charge in [0.25, 0.3) is 0 Å². The molecule has 0 aliphatic carbocycles. The molecule has 3 heteroatoms. The van der Waals surface area contributed by atoms with Crippen LogP contribution >= 0.6 is 11.6 Å². The molecule has 0 saturated carbocycles. The van der Waals surface area contributed by atoms with Gasteiger partial charge in [0, 0.05) is 18.4 Å². The van der Waals surface area contributed by atoms with Crippen LogP contribution in [0.2, 0.25) is 5.02 Å². The van der Waals surface area contributed by atoms with Gasteiger partial charge in [-0.2, -0.15) is 0 Å². The summed E-state index contributed by atoms with van der Waals surface area (Å²) >= 11 is 5.56. The van der Waals surface area contributed by atoms with Crippen LogP contribution in [0.3, 0.4) is 0 Å². The van der Waals surface area contributed by atoms with Crippen LogP contribution in [-0.4, -0.2) is 5.78 Å². The average molecular weight is 225 g/mol. The summed E-state index contributed by atoms with van der Waals surface area (Å²) in [5.74, 6) is 4.92. The molecule has 0 fully saturated rings. The lowest BCUT2D eigenvalue weighted by Gasteiger charge is -1.99. The quantitative estimate of drug-likeness (QED) is 0.568. The van der Waals surface area contributed by atoms with E-state index >= 15 is 0 Å².